The maximum Gasteiger partial charge on any atom is 0.326 e. The first-order valence-corrected chi connectivity index (χ1v) is 7.71. The van der Waals surface area contributed by atoms with Crippen molar-refractivity contribution in [2.75, 3.05) is 11.4 Å². The molecule has 1 saturated carbocycles. The van der Waals surface area contributed by atoms with Crippen molar-refractivity contribution in [1.29, 1.82) is 0 Å². The highest BCUT2D eigenvalue weighted by molar-refractivity contribution is 9.10. The molecule has 1 aromatic carbocycles. The SMILES string of the molecule is O=C(O)C1C2CCCC2CN1c1cc(Br)ccc1[N+](=O)[O-]. The number of hydrogen-bond donors (Lipinski definition) is 1. The lowest BCUT2D eigenvalue weighted by Crippen LogP contribution is -2.40. The van der Waals surface area contributed by atoms with Gasteiger partial charge in [0.2, 0.25) is 0 Å². The molecular formula is C14H15BrN2O4. The lowest BCUT2D eigenvalue weighted by molar-refractivity contribution is -0.384. The molecule has 0 bridgehead atoms. The molecule has 6 nitrogen and oxygen atoms in total. The molecule has 7 heteroatoms. The summed E-state index contributed by atoms with van der Waals surface area (Å²) in [7, 11) is 0. The van der Waals surface area contributed by atoms with E-state index in [4.69, 9.17) is 0 Å². The van der Waals surface area contributed by atoms with Crippen LogP contribution in [0, 0.1) is 22.0 Å². The van der Waals surface area contributed by atoms with Gasteiger partial charge in [0.15, 0.2) is 0 Å². The maximum atomic E-state index is 11.7. The molecule has 1 N–H and O–H groups in total. The highest BCUT2D eigenvalue weighted by Gasteiger charge is 2.49. The molecule has 0 spiro atoms. The lowest BCUT2D eigenvalue weighted by atomic mass is 9.94. The Morgan fingerprint density at radius 3 is 2.86 bits per heavy atom. The van der Waals surface area contributed by atoms with Crippen LogP contribution in [0.3, 0.4) is 0 Å². The van der Waals surface area contributed by atoms with Crippen molar-refractivity contribution in [3.63, 3.8) is 0 Å². The lowest BCUT2D eigenvalue weighted by Gasteiger charge is -2.26. The molecular weight excluding hydrogens is 340 g/mol. The quantitative estimate of drug-likeness (QED) is 0.666. The minimum absolute atomic E-state index is 0.0376. The van der Waals surface area contributed by atoms with Gasteiger partial charge < -0.3 is 10.0 Å². The second kappa shape index (κ2) is 5.29. The monoisotopic (exact) mass is 354 g/mol. The smallest absolute Gasteiger partial charge is 0.326 e. The summed E-state index contributed by atoms with van der Waals surface area (Å²) in [5.74, 6) is -0.468. The molecule has 2 aliphatic rings. The number of fused-ring (bicyclic) bond motifs is 1. The molecule has 3 rings (SSSR count). The summed E-state index contributed by atoms with van der Waals surface area (Å²) in [4.78, 5) is 24.2. The van der Waals surface area contributed by atoms with Crippen molar-refractivity contribution in [2.45, 2.75) is 25.3 Å². The van der Waals surface area contributed by atoms with E-state index in [0.29, 0.717) is 22.6 Å². The fourth-order valence-electron chi connectivity index (χ4n) is 3.75. The number of nitrogens with zero attached hydrogens (tertiary/aromatic N) is 2. The van der Waals surface area contributed by atoms with E-state index < -0.39 is 16.9 Å². The zero-order chi connectivity index (χ0) is 15.1. The van der Waals surface area contributed by atoms with Crippen molar-refractivity contribution in [1.82, 2.24) is 0 Å². The number of nitro benzene ring substituents is 1. The van der Waals surface area contributed by atoms with Gasteiger partial charge >= 0.3 is 5.97 Å². The van der Waals surface area contributed by atoms with Crippen LogP contribution in [0.15, 0.2) is 22.7 Å². The molecule has 0 aromatic heterocycles. The molecule has 21 heavy (non-hydrogen) atoms. The summed E-state index contributed by atoms with van der Waals surface area (Å²) < 4.78 is 0.712. The van der Waals surface area contributed by atoms with Crippen molar-refractivity contribution >= 4 is 33.3 Å². The Hall–Kier alpha value is -1.63. The fourth-order valence-corrected chi connectivity index (χ4v) is 4.10. The Balaban J connectivity index is 2.05. The fraction of sp³-hybridized carbons (Fsp3) is 0.500. The summed E-state index contributed by atoms with van der Waals surface area (Å²) in [6.45, 7) is 0.582. The van der Waals surface area contributed by atoms with Gasteiger partial charge in [-0.25, -0.2) is 4.79 Å². The molecule has 1 heterocycles. The van der Waals surface area contributed by atoms with Crippen LogP contribution in [0.25, 0.3) is 0 Å². The van der Waals surface area contributed by atoms with Crippen LogP contribution >= 0.6 is 15.9 Å². The van der Waals surface area contributed by atoms with Crippen LogP contribution in [0.2, 0.25) is 0 Å². The third-order valence-corrected chi connectivity index (χ3v) is 5.08. The number of halogens is 1. The molecule has 1 aromatic rings. The maximum absolute atomic E-state index is 11.7. The van der Waals surface area contributed by atoms with Gasteiger partial charge in [0.25, 0.3) is 5.69 Å². The molecule has 0 amide bonds. The minimum atomic E-state index is -0.890. The van der Waals surface area contributed by atoms with E-state index in [0.717, 1.165) is 19.3 Å². The molecule has 1 aliphatic heterocycles. The van der Waals surface area contributed by atoms with E-state index >= 15 is 0 Å². The first-order chi connectivity index (χ1) is 9.99. The van der Waals surface area contributed by atoms with E-state index in [1.165, 1.54) is 6.07 Å². The Morgan fingerprint density at radius 1 is 1.43 bits per heavy atom. The van der Waals surface area contributed by atoms with Crippen LogP contribution in [-0.4, -0.2) is 28.6 Å². The number of carbonyl (C=O) groups is 1. The standard InChI is InChI=1S/C14H15BrN2O4/c15-9-4-5-11(17(20)21)12(6-9)16-7-8-2-1-3-10(8)13(16)14(18)19/h4-6,8,10,13H,1-3,7H2,(H,18,19). The van der Waals surface area contributed by atoms with Crippen molar-refractivity contribution in [3.8, 4) is 0 Å². The molecule has 0 radical (unpaired) electrons. The Morgan fingerprint density at radius 2 is 2.19 bits per heavy atom. The molecule has 112 valence electrons. The van der Waals surface area contributed by atoms with Gasteiger partial charge in [0.05, 0.1) is 4.92 Å². The van der Waals surface area contributed by atoms with Crippen LogP contribution in [0.1, 0.15) is 19.3 Å². The van der Waals surface area contributed by atoms with E-state index in [1.54, 1.807) is 17.0 Å². The number of carboxylic acids is 1. The average molecular weight is 355 g/mol. The van der Waals surface area contributed by atoms with Crippen molar-refractivity contribution in [3.05, 3.63) is 32.8 Å². The minimum Gasteiger partial charge on any atom is -0.480 e. The molecule has 1 saturated heterocycles. The van der Waals surface area contributed by atoms with Crippen LogP contribution < -0.4 is 4.90 Å². The van der Waals surface area contributed by atoms with Crippen molar-refractivity contribution in [2.24, 2.45) is 11.8 Å². The van der Waals surface area contributed by atoms with Gasteiger partial charge in [0.1, 0.15) is 11.7 Å². The van der Waals surface area contributed by atoms with E-state index in [1.807, 2.05) is 0 Å². The second-order valence-corrected chi connectivity index (χ2v) is 6.60. The molecule has 3 atom stereocenters. The Bertz CT molecular complexity index is 607. The van der Waals surface area contributed by atoms with E-state index in [-0.39, 0.29) is 11.6 Å². The molecule has 1 aliphatic carbocycles. The predicted molar refractivity (Wildman–Crippen MR) is 80.4 cm³/mol. The van der Waals surface area contributed by atoms with Gasteiger partial charge in [0, 0.05) is 17.1 Å². The predicted octanol–water partition coefficient (Wildman–Crippen LogP) is 3.05. The third-order valence-electron chi connectivity index (χ3n) is 4.59. The van der Waals surface area contributed by atoms with Crippen molar-refractivity contribution < 1.29 is 14.8 Å². The molecule has 3 unspecified atom stereocenters. The number of rotatable bonds is 3. The summed E-state index contributed by atoms with van der Waals surface area (Å²) in [6, 6.07) is 4.01. The topological polar surface area (TPSA) is 83.7 Å². The van der Waals surface area contributed by atoms with Gasteiger partial charge in [-0.1, -0.05) is 22.4 Å². The van der Waals surface area contributed by atoms with E-state index in [9.17, 15) is 20.0 Å². The number of nitro groups is 1. The number of anilines is 1. The first kappa shape index (κ1) is 14.3. The van der Waals surface area contributed by atoms with Gasteiger partial charge in [-0.2, -0.15) is 0 Å². The Labute approximate surface area is 130 Å². The van der Waals surface area contributed by atoms with Crippen LogP contribution in [-0.2, 0) is 4.79 Å². The highest BCUT2D eigenvalue weighted by Crippen LogP contribution is 2.46. The number of benzene rings is 1. The van der Waals surface area contributed by atoms with E-state index in [2.05, 4.69) is 15.9 Å². The third kappa shape index (κ3) is 2.39. The van der Waals surface area contributed by atoms with Gasteiger partial charge in [-0.15, -0.1) is 0 Å². The number of hydrogen-bond acceptors (Lipinski definition) is 4. The van der Waals surface area contributed by atoms with Gasteiger partial charge in [-0.05, 0) is 36.8 Å². The largest absolute Gasteiger partial charge is 0.480 e. The zero-order valence-corrected chi connectivity index (χ0v) is 12.8. The van der Waals surface area contributed by atoms with Crippen LogP contribution in [0.4, 0.5) is 11.4 Å². The number of carboxylic acid groups (broad SMARTS) is 1. The summed E-state index contributed by atoms with van der Waals surface area (Å²) in [6.07, 6.45) is 2.94. The molecule has 2 fully saturated rings. The highest BCUT2D eigenvalue weighted by atomic mass is 79.9. The zero-order valence-electron chi connectivity index (χ0n) is 11.2. The normalized spacial score (nSPS) is 27.7. The summed E-state index contributed by atoms with van der Waals surface area (Å²) in [5, 5.41) is 20.8. The average Bonchev–Trinajstić information content (AvgIpc) is 2.96. The number of aliphatic carboxylic acids is 1. The second-order valence-electron chi connectivity index (χ2n) is 5.68. The summed E-state index contributed by atoms with van der Waals surface area (Å²) >= 11 is 3.31. The van der Waals surface area contributed by atoms with Crippen LogP contribution in [0.5, 0.6) is 0 Å². The first-order valence-electron chi connectivity index (χ1n) is 6.92. The van der Waals surface area contributed by atoms with Gasteiger partial charge in [-0.3, -0.25) is 10.1 Å². The Kier molecular flexibility index (Phi) is 3.61. The summed E-state index contributed by atoms with van der Waals surface area (Å²) in [5.41, 5.74) is 0.362.